The summed E-state index contributed by atoms with van der Waals surface area (Å²) in [5, 5.41) is 16.6. The molecule has 9 atom stereocenters. The normalized spacial score (nSPS) is 18.5. The van der Waals surface area contributed by atoms with Crippen LogP contribution in [0.5, 0.6) is 0 Å². The molecule has 4 N–H and O–H groups in total. The van der Waals surface area contributed by atoms with Gasteiger partial charge in [-0.15, -0.1) is 0 Å². The van der Waals surface area contributed by atoms with E-state index in [2.05, 4.69) is 36.4 Å². The monoisotopic (exact) mass is 899 g/mol. The van der Waals surface area contributed by atoms with Crippen molar-refractivity contribution in [2.75, 3.05) is 48.0 Å². The van der Waals surface area contributed by atoms with Gasteiger partial charge < -0.3 is 29.2 Å². The van der Waals surface area contributed by atoms with Crippen LogP contribution in [0.15, 0.2) is 30.5 Å². The molecule has 362 valence electrons. The Bertz CT molecular complexity index is 1810. The molecule has 1 aromatic heterocycles. The molecule has 15 nitrogen and oxygen atoms in total. The van der Waals surface area contributed by atoms with Gasteiger partial charge in [-0.3, -0.25) is 44.4 Å². The third kappa shape index (κ3) is 15.1. The molecule has 3 rings (SSSR count). The highest BCUT2D eigenvalue weighted by molar-refractivity contribution is 6.00. The standard InChI is InChI=1S/C49H82N6O9/c1-15-32(6)45(54(12)44(31(4)5)47(60)52-46(59)43(30(2)3)53(11)24-19-23-41(57)58)39(63-14)27-40(56)55-25-18-22-38(55)42(33(7)29-62-13)51-37(48(61)64-49(8,9)10)26-34-28-50-36-21-17-16-20-35(34)36/h16-17,20-21,28,30-33,37-39,42-45,50-51H,15,18-19,22-27,29H2,1-14H3,(H,57,58)(H,52,59,60)/t32-,33?,37?,38?,39+,42?,43-,44+,45-/m0/s1. The quantitative estimate of drug-likeness (QED) is 0.0824. The van der Waals surface area contributed by atoms with Gasteiger partial charge in [0.05, 0.1) is 31.2 Å². The van der Waals surface area contributed by atoms with Gasteiger partial charge in [0.15, 0.2) is 0 Å². The van der Waals surface area contributed by atoms with Crippen molar-refractivity contribution in [1.82, 2.24) is 30.3 Å². The van der Waals surface area contributed by atoms with Gasteiger partial charge in [0, 0.05) is 68.8 Å². The number of hydrogen-bond donors (Lipinski definition) is 4. The molecular formula is C49H82N6O9. The summed E-state index contributed by atoms with van der Waals surface area (Å²) in [5.41, 5.74) is 1.25. The van der Waals surface area contributed by atoms with Crippen molar-refractivity contribution in [3.8, 4) is 0 Å². The highest BCUT2D eigenvalue weighted by atomic mass is 16.6. The lowest BCUT2D eigenvalue weighted by Crippen LogP contribution is -2.60. The van der Waals surface area contributed by atoms with Gasteiger partial charge in [-0.05, 0) is 96.0 Å². The van der Waals surface area contributed by atoms with Crippen molar-refractivity contribution in [3.63, 3.8) is 0 Å². The van der Waals surface area contributed by atoms with Gasteiger partial charge in [0.25, 0.3) is 0 Å². The number of aromatic amines is 1. The number of likely N-dealkylation sites (N-methyl/N-ethyl adjacent to an activating group) is 2. The lowest BCUT2D eigenvalue weighted by Gasteiger charge is -2.43. The van der Waals surface area contributed by atoms with Gasteiger partial charge in [0.2, 0.25) is 17.7 Å². The lowest BCUT2D eigenvalue weighted by atomic mass is 9.87. The number of para-hydroxylation sites is 1. The number of benzene rings is 1. The first-order valence-corrected chi connectivity index (χ1v) is 23.4. The highest BCUT2D eigenvalue weighted by Gasteiger charge is 2.44. The van der Waals surface area contributed by atoms with Crippen LogP contribution in [0.2, 0.25) is 0 Å². The van der Waals surface area contributed by atoms with Crippen LogP contribution in [0.1, 0.15) is 113 Å². The number of carboxylic acid groups (broad SMARTS) is 1. The van der Waals surface area contributed by atoms with E-state index in [1.54, 1.807) is 21.3 Å². The minimum atomic E-state index is -0.899. The van der Waals surface area contributed by atoms with Gasteiger partial charge in [-0.2, -0.15) is 0 Å². The van der Waals surface area contributed by atoms with Gasteiger partial charge in [0.1, 0.15) is 11.6 Å². The fourth-order valence-electron chi connectivity index (χ4n) is 9.78. The van der Waals surface area contributed by atoms with E-state index in [-0.39, 0.29) is 66.5 Å². The van der Waals surface area contributed by atoms with E-state index in [1.807, 2.05) is 101 Å². The number of aliphatic carboxylic acids is 1. The fraction of sp³-hybridized carbons (Fsp3) is 0.735. The smallest absolute Gasteiger partial charge is 0.324 e. The Hall–Kier alpha value is -3.89. The number of methoxy groups -OCH3 is 2. The van der Waals surface area contributed by atoms with Crippen molar-refractivity contribution < 1.29 is 43.3 Å². The molecule has 2 heterocycles. The van der Waals surface area contributed by atoms with Crippen LogP contribution < -0.4 is 10.6 Å². The first-order valence-electron chi connectivity index (χ1n) is 23.4. The molecule has 1 fully saturated rings. The van der Waals surface area contributed by atoms with Gasteiger partial charge in [-0.1, -0.05) is 73.1 Å². The van der Waals surface area contributed by atoms with E-state index in [0.29, 0.717) is 32.5 Å². The van der Waals surface area contributed by atoms with Crippen molar-refractivity contribution in [2.45, 2.75) is 162 Å². The number of rotatable bonds is 26. The number of ether oxygens (including phenoxy) is 3. The van der Waals surface area contributed by atoms with E-state index < -0.39 is 47.6 Å². The van der Waals surface area contributed by atoms with Crippen LogP contribution in [0.25, 0.3) is 10.9 Å². The Balaban J connectivity index is 1.92. The van der Waals surface area contributed by atoms with Gasteiger partial charge in [-0.25, -0.2) is 0 Å². The SMILES string of the molecule is CC[C@H](C)[C@@H]([C@@H](CC(=O)N1CCCC1C(NC(Cc1c[nH]c2ccccc12)C(=O)OC(C)(C)C)C(C)COC)OC)N(C)[C@@H](C(=O)NC(=O)[C@H](C(C)C)N(C)CCCC(=O)O)C(C)C. The number of nitrogens with one attached hydrogen (secondary N) is 3. The molecule has 15 heteroatoms. The number of carboxylic acids is 1. The van der Waals surface area contributed by atoms with Crippen molar-refractivity contribution in [2.24, 2.45) is 23.7 Å². The van der Waals surface area contributed by atoms with Gasteiger partial charge >= 0.3 is 11.9 Å². The number of carbonyl (C=O) groups is 5. The Morgan fingerprint density at radius 3 is 2.17 bits per heavy atom. The molecule has 0 spiro atoms. The number of hydrogen-bond acceptors (Lipinski definition) is 11. The molecule has 64 heavy (non-hydrogen) atoms. The average molecular weight is 899 g/mol. The van der Waals surface area contributed by atoms with E-state index in [0.717, 1.165) is 35.7 Å². The summed E-state index contributed by atoms with van der Waals surface area (Å²) in [6, 6.07) is 4.97. The molecule has 1 aliphatic heterocycles. The maximum Gasteiger partial charge on any atom is 0.324 e. The predicted octanol–water partition coefficient (Wildman–Crippen LogP) is 5.89. The third-order valence-electron chi connectivity index (χ3n) is 12.9. The number of imide groups is 1. The summed E-state index contributed by atoms with van der Waals surface area (Å²) < 4.78 is 17.9. The second kappa shape index (κ2) is 25.1. The first-order chi connectivity index (χ1) is 30.1. The maximum absolute atomic E-state index is 14.8. The Morgan fingerprint density at radius 2 is 1.59 bits per heavy atom. The third-order valence-corrected chi connectivity index (χ3v) is 12.9. The summed E-state index contributed by atoms with van der Waals surface area (Å²) in [6.07, 6.45) is 4.41. The number of likely N-dealkylation sites (tertiary alicyclic amines) is 1. The van der Waals surface area contributed by atoms with Crippen LogP contribution >= 0.6 is 0 Å². The minimum absolute atomic E-state index is 0.000831. The summed E-state index contributed by atoms with van der Waals surface area (Å²) in [6.45, 7) is 20.8. The molecule has 1 saturated heterocycles. The fourth-order valence-corrected chi connectivity index (χ4v) is 9.78. The largest absolute Gasteiger partial charge is 0.481 e. The topological polar surface area (TPSA) is 183 Å². The van der Waals surface area contributed by atoms with E-state index in [4.69, 9.17) is 19.3 Å². The summed E-state index contributed by atoms with van der Waals surface area (Å²) >= 11 is 0. The van der Waals surface area contributed by atoms with E-state index in [9.17, 15) is 24.0 Å². The van der Waals surface area contributed by atoms with Crippen LogP contribution in [0, 0.1) is 23.7 Å². The van der Waals surface area contributed by atoms with E-state index in [1.165, 1.54) is 0 Å². The molecule has 0 aliphatic carbocycles. The number of aromatic nitrogens is 1. The molecule has 0 saturated carbocycles. The van der Waals surface area contributed by atoms with Crippen molar-refractivity contribution in [3.05, 3.63) is 36.0 Å². The maximum atomic E-state index is 14.8. The minimum Gasteiger partial charge on any atom is -0.481 e. The molecule has 1 aromatic carbocycles. The summed E-state index contributed by atoms with van der Waals surface area (Å²) in [7, 11) is 6.90. The second-order valence-corrected chi connectivity index (χ2v) is 19.8. The van der Waals surface area contributed by atoms with Crippen LogP contribution in [0.3, 0.4) is 0 Å². The zero-order chi connectivity index (χ0) is 48.1. The molecule has 0 bridgehead atoms. The van der Waals surface area contributed by atoms with Crippen molar-refractivity contribution in [1.29, 1.82) is 0 Å². The zero-order valence-corrected chi connectivity index (χ0v) is 41.4. The number of amides is 3. The first kappa shape index (κ1) is 54.4. The van der Waals surface area contributed by atoms with Crippen molar-refractivity contribution >= 4 is 40.6 Å². The highest BCUT2D eigenvalue weighted by Crippen LogP contribution is 2.31. The number of H-pyrrole nitrogens is 1. The van der Waals surface area contributed by atoms with Crippen LogP contribution in [-0.2, 0) is 44.6 Å². The number of nitrogens with zero attached hydrogens (tertiary/aromatic N) is 3. The zero-order valence-electron chi connectivity index (χ0n) is 41.4. The molecule has 2 aromatic rings. The summed E-state index contributed by atoms with van der Waals surface area (Å²) in [5.74, 6) is -2.64. The second-order valence-electron chi connectivity index (χ2n) is 19.8. The molecule has 0 radical (unpaired) electrons. The average Bonchev–Trinajstić information content (AvgIpc) is 3.85. The van der Waals surface area contributed by atoms with E-state index >= 15 is 0 Å². The molecule has 3 amide bonds. The summed E-state index contributed by atoms with van der Waals surface area (Å²) in [4.78, 5) is 77.0. The lowest BCUT2D eigenvalue weighted by molar-refractivity contribution is -0.158. The predicted molar refractivity (Wildman–Crippen MR) is 251 cm³/mol. The Morgan fingerprint density at radius 1 is 0.953 bits per heavy atom. The number of carbonyl (C=O) groups excluding carboxylic acids is 4. The number of esters is 1. The molecule has 1 aliphatic rings. The van der Waals surface area contributed by atoms with Crippen LogP contribution in [-0.4, -0.2) is 150 Å². The Labute approximate surface area is 383 Å². The molecular weight excluding hydrogens is 817 g/mol. The molecule has 4 unspecified atom stereocenters. The Kier molecular flexibility index (Phi) is 21.4. The number of fused-ring (bicyclic) bond motifs is 1. The van der Waals surface area contributed by atoms with Crippen LogP contribution in [0.4, 0.5) is 0 Å².